The van der Waals surface area contributed by atoms with Crippen molar-refractivity contribution in [2.75, 3.05) is 5.75 Å². The molecule has 1 unspecified atom stereocenters. The van der Waals surface area contributed by atoms with E-state index in [-0.39, 0.29) is 17.5 Å². The Morgan fingerprint density at radius 2 is 1.97 bits per heavy atom. The highest BCUT2D eigenvalue weighted by atomic mass is 35.5. The fourth-order valence-electron chi connectivity index (χ4n) is 3.62. The van der Waals surface area contributed by atoms with Crippen LogP contribution < -0.4 is 11.1 Å². The summed E-state index contributed by atoms with van der Waals surface area (Å²) in [5, 5.41) is 5.25. The molecule has 10 heteroatoms. The van der Waals surface area contributed by atoms with Crippen LogP contribution in [0.25, 0.3) is 10.8 Å². The van der Waals surface area contributed by atoms with Gasteiger partial charge in [0.25, 0.3) is 5.91 Å². The van der Waals surface area contributed by atoms with Gasteiger partial charge in [-0.2, -0.15) is 0 Å². The largest absolute Gasteiger partial charge is 0.386 e. The average molecular weight is 491 g/mol. The Morgan fingerprint density at radius 3 is 2.69 bits per heavy atom. The van der Waals surface area contributed by atoms with Crippen LogP contribution in [0, 0.1) is 0 Å². The number of thiophene rings is 1. The number of pyridine rings is 1. The number of rotatable bonds is 4. The van der Waals surface area contributed by atoms with Crippen molar-refractivity contribution in [2.24, 2.45) is 10.7 Å². The Hall–Kier alpha value is -2.49. The number of nitrogens with zero attached hydrogens (tertiary/aromatic N) is 2. The zero-order valence-electron chi connectivity index (χ0n) is 17.8. The van der Waals surface area contributed by atoms with Crippen LogP contribution >= 0.6 is 22.9 Å². The highest BCUT2D eigenvalue weighted by Crippen LogP contribution is 2.43. The van der Waals surface area contributed by atoms with E-state index in [4.69, 9.17) is 17.3 Å². The minimum atomic E-state index is -3.57. The number of aliphatic imine (C=N–C) groups is 1. The van der Waals surface area contributed by atoms with Crippen molar-refractivity contribution >= 4 is 55.3 Å². The van der Waals surface area contributed by atoms with Gasteiger partial charge in [0.05, 0.1) is 20.5 Å². The molecule has 1 aliphatic heterocycles. The predicted molar refractivity (Wildman–Crippen MR) is 129 cm³/mol. The predicted octanol–water partition coefficient (Wildman–Crippen LogP) is 3.66. The molecule has 0 radical (unpaired) electrons. The third kappa shape index (κ3) is 3.89. The average Bonchev–Trinajstić information content (AvgIpc) is 3.13. The number of benzene rings is 1. The normalized spacial score (nSPS) is 21.8. The number of hydrogen-bond acceptors (Lipinski definition) is 7. The molecule has 0 fully saturated rings. The number of halogens is 1. The fourth-order valence-corrected chi connectivity index (χ4v) is 6.93. The number of sulfone groups is 1. The topological polar surface area (TPSA) is 115 Å². The maximum Gasteiger partial charge on any atom is 0.261 e. The molecule has 1 aliphatic rings. The summed E-state index contributed by atoms with van der Waals surface area (Å²) in [6.07, 6.45) is 3.51. The van der Waals surface area contributed by atoms with Crippen LogP contribution in [0.15, 0.2) is 47.7 Å². The highest BCUT2D eigenvalue weighted by molar-refractivity contribution is 7.93. The standard InChI is InChI=1S/C22H23ClN4O3S2/c1-21(2)20(24)27-22(3,12-32(21,29)30)18-16(23)9-17(31-18)19(28)26-10-13-4-5-15-11-25-7-6-14(15)8-13/h4-9,11H,10,12H2,1-3H3,(H2,24,27)(H,26,28). The smallest absolute Gasteiger partial charge is 0.261 e. The first-order chi connectivity index (χ1) is 14.9. The van der Waals surface area contributed by atoms with Crippen LogP contribution in [0.5, 0.6) is 0 Å². The first kappa shape index (κ1) is 22.7. The van der Waals surface area contributed by atoms with Gasteiger partial charge in [0, 0.05) is 24.3 Å². The lowest BCUT2D eigenvalue weighted by molar-refractivity contribution is 0.0955. The second-order valence-corrected chi connectivity index (χ2v) is 12.6. The summed E-state index contributed by atoms with van der Waals surface area (Å²) >= 11 is 7.56. The van der Waals surface area contributed by atoms with Gasteiger partial charge in [-0.3, -0.25) is 14.8 Å². The molecular weight excluding hydrogens is 468 g/mol. The van der Waals surface area contributed by atoms with Gasteiger partial charge in [0.15, 0.2) is 9.84 Å². The summed E-state index contributed by atoms with van der Waals surface area (Å²) in [5.41, 5.74) is 5.82. The number of fused-ring (bicyclic) bond motifs is 1. The van der Waals surface area contributed by atoms with Gasteiger partial charge in [-0.15, -0.1) is 11.3 Å². The Morgan fingerprint density at radius 1 is 1.22 bits per heavy atom. The number of aromatic nitrogens is 1. The minimum absolute atomic E-state index is 0.0354. The molecule has 1 amide bonds. The summed E-state index contributed by atoms with van der Waals surface area (Å²) in [5.74, 6) is -0.494. The molecule has 0 aliphatic carbocycles. The van der Waals surface area contributed by atoms with Gasteiger partial charge in [0.1, 0.15) is 16.1 Å². The zero-order valence-corrected chi connectivity index (χ0v) is 20.2. The quantitative estimate of drug-likeness (QED) is 0.579. The van der Waals surface area contributed by atoms with Crippen molar-refractivity contribution in [3.05, 3.63) is 63.1 Å². The molecule has 2 aromatic heterocycles. The summed E-state index contributed by atoms with van der Waals surface area (Å²) in [7, 11) is -3.57. The molecular formula is C22H23ClN4O3S2. The molecule has 7 nitrogen and oxygen atoms in total. The molecule has 32 heavy (non-hydrogen) atoms. The number of carbonyl (C=O) groups is 1. The molecule has 0 spiro atoms. The lowest BCUT2D eigenvalue weighted by atomic mass is 10.0. The van der Waals surface area contributed by atoms with Gasteiger partial charge < -0.3 is 11.1 Å². The third-order valence-electron chi connectivity index (χ3n) is 5.79. The number of carbonyl (C=O) groups excluding carboxylic acids is 1. The van der Waals surface area contributed by atoms with Crippen molar-refractivity contribution in [2.45, 2.75) is 37.6 Å². The molecule has 0 bridgehead atoms. The number of amidine groups is 1. The first-order valence-electron chi connectivity index (χ1n) is 9.92. The molecule has 3 heterocycles. The summed E-state index contributed by atoms with van der Waals surface area (Å²) in [6, 6.07) is 9.35. The molecule has 168 valence electrons. The van der Waals surface area contributed by atoms with Crippen LogP contribution in [0.4, 0.5) is 0 Å². The van der Waals surface area contributed by atoms with E-state index in [0.29, 0.717) is 21.3 Å². The molecule has 1 atom stereocenters. The SMILES string of the molecule is CC1(c2sc(C(=O)NCc3ccc4cnccc4c3)cc2Cl)CS(=O)(=O)C(C)(C)C(N)=N1. The van der Waals surface area contributed by atoms with E-state index in [9.17, 15) is 13.2 Å². The van der Waals surface area contributed by atoms with Crippen molar-refractivity contribution in [3.8, 4) is 0 Å². The van der Waals surface area contributed by atoms with Gasteiger partial charge in [-0.25, -0.2) is 8.42 Å². The van der Waals surface area contributed by atoms with E-state index in [0.717, 1.165) is 27.7 Å². The Labute approximate surface area is 195 Å². The molecule has 4 rings (SSSR count). The van der Waals surface area contributed by atoms with Crippen LogP contribution in [-0.4, -0.2) is 35.6 Å². The number of nitrogens with two attached hydrogens (primary N) is 1. The number of hydrogen-bond donors (Lipinski definition) is 2. The van der Waals surface area contributed by atoms with E-state index in [2.05, 4.69) is 15.3 Å². The Bertz CT molecular complexity index is 1360. The monoisotopic (exact) mass is 490 g/mol. The summed E-state index contributed by atoms with van der Waals surface area (Å²) in [6.45, 7) is 5.10. The van der Waals surface area contributed by atoms with Crippen LogP contribution in [0.3, 0.4) is 0 Å². The van der Waals surface area contributed by atoms with Crippen molar-refractivity contribution in [1.29, 1.82) is 0 Å². The third-order valence-corrected chi connectivity index (χ3v) is 10.3. The minimum Gasteiger partial charge on any atom is -0.386 e. The lowest BCUT2D eigenvalue weighted by Crippen LogP contribution is -2.54. The highest BCUT2D eigenvalue weighted by Gasteiger charge is 2.50. The van der Waals surface area contributed by atoms with Crippen molar-refractivity contribution < 1.29 is 13.2 Å². The second-order valence-electron chi connectivity index (χ2n) is 8.57. The molecule has 3 aromatic rings. The Balaban J connectivity index is 1.56. The van der Waals surface area contributed by atoms with E-state index in [1.54, 1.807) is 39.2 Å². The van der Waals surface area contributed by atoms with Crippen molar-refractivity contribution in [3.63, 3.8) is 0 Å². The Kier molecular flexibility index (Phi) is 5.55. The van der Waals surface area contributed by atoms with Gasteiger partial charge >= 0.3 is 0 Å². The first-order valence-corrected chi connectivity index (χ1v) is 12.8. The number of nitrogens with one attached hydrogen (secondary N) is 1. The van der Waals surface area contributed by atoms with Gasteiger partial charge in [0.2, 0.25) is 0 Å². The fraction of sp³-hybridized carbons (Fsp3) is 0.318. The van der Waals surface area contributed by atoms with Gasteiger partial charge in [-0.1, -0.05) is 23.7 Å². The van der Waals surface area contributed by atoms with Crippen molar-refractivity contribution in [1.82, 2.24) is 10.3 Å². The van der Waals surface area contributed by atoms with E-state index in [1.807, 2.05) is 24.3 Å². The maximum atomic E-state index is 12.8. The summed E-state index contributed by atoms with van der Waals surface area (Å²) < 4.78 is 24.4. The van der Waals surface area contributed by atoms with Crippen LogP contribution in [0.2, 0.25) is 5.02 Å². The zero-order chi connectivity index (χ0) is 23.3. The summed E-state index contributed by atoms with van der Waals surface area (Å²) in [4.78, 5) is 22.3. The number of amides is 1. The molecule has 0 saturated heterocycles. The van der Waals surface area contributed by atoms with Crippen LogP contribution in [0.1, 0.15) is 40.9 Å². The molecule has 1 aromatic carbocycles. The van der Waals surface area contributed by atoms with E-state index < -0.39 is 20.1 Å². The van der Waals surface area contributed by atoms with Crippen LogP contribution in [-0.2, 0) is 21.9 Å². The second kappa shape index (κ2) is 7.83. The lowest BCUT2D eigenvalue weighted by Gasteiger charge is -2.37. The maximum absolute atomic E-state index is 12.8. The molecule has 0 saturated carbocycles. The van der Waals surface area contributed by atoms with E-state index >= 15 is 0 Å². The van der Waals surface area contributed by atoms with Gasteiger partial charge in [-0.05, 0) is 49.9 Å². The van der Waals surface area contributed by atoms with E-state index in [1.165, 1.54) is 0 Å². The molecule has 3 N–H and O–H groups in total.